The van der Waals surface area contributed by atoms with Gasteiger partial charge in [0.25, 0.3) is 11.7 Å². The maximum absolute atomic E-state index is 13.2. The number of nitrogens with zero attached hydrogens (tertiary/aromatic N) is 3. The Labute approximate surface area is 194 Å². The quantitative estimate of drug-likeness (QED) is 0.320. The second-order valence-corrected chi connectivity index (χ2v) is 7.89. The highest BCUT2D eigenvalue weighted by molar-refractivity contribution is 6.48. The third kappa shape index (κ3) is 4.17. The number of benzene rings is 2. The Bertz CT molecular complexity index is 1340. The third-order valence-electron chi connectivity index (χ3n) is 5.13. The molecule has 0 unspecified atom stereocenters. The second kappa shape index (κ2) is 8.98. The molecule has 0 radical (unpaired) electrons. The van der Waals surface area contributed by atoms with Gasteiger partial charge in [0.15, 0.2) is 0 Å². The zero-order valence-corrected chi connectivity index (χ0v) is 18.7. The van der Waals surface area contributed by atoms with Crippen molar-refractivity contribution in [3.8, 4) is 5.75 Å². The molecular weight excluding hydrogens is 451 g/mol. The highest BCUT2D eigenvalue weighted by Crippen LogP contribution is 2.32. The summed E-state index contributed by atoms with van der Waals surface area (Å²) in [6.45, 7) is 2.19. The van der Waals surface area contributed by atoms with Crippen LogP contribution < -0.4 is 10.1 Å². The Balaban J connectivity index is 1.80. The summed E-state index contributed by atoms with van der Waals surface area (Å²) >= 11 is 12.4. The van der Waals surface area contributed by atoms with Gasteiger partial charge < -0.3 is 14.6 Å². The van der Waals surface area contributed by atoms with Crippen molar-refractivity contribution in [1.82, 2.24) is 14.5 Å². The van der Waals surface area contributed by atoms with Gasteiger partial charge in [0, 0.05) is 39.4 Å². The van der Waals surface area contributed by atoms with Gasteiger partial charge in [-0.1, -0.05) is 29.3 Å². The summed E-state index contributed by atoms with van der Waals surface area (Å²) in [5.74, 6) is -0.659. The number of fused-ring (bicyclic) bond motifs is 1. The molecule has 0 aliphatic heterocycles. The predicted molar refractivity (Wildman–Crippen MR) is 124 cm³/mol. The number of amides is 1. The lowest BCUT2D eigenvalue weighted by Gasteiger charge is -2.11. The number of aromatic nitrogens is 3. The van der Waals surface area contributed by atoms with E-state index >= 15 is 0 Å². The molecule has 1 amide bonds. The first-order valence-electron chi connectivity index (χ1n) is 9.61. The number of carbonyl (C=O) groups is 2. The van der Waals surface area contributed by atoms with E-state index in [1.54, 1.807) is 38.3 Å². The fourth-order valence-corrected chi connectivity index (χ4v) is 4.02. The van der Waals surface area contributed by atoms with Crippen molar-refractivity contribution in [2.45, 2.75) is 13.5 Å². The van der Waals surface area contributed by atoms with Crippen molar-refractivity contribution in [1.29, 1.82) is 0 Å². The molecule has 0 aliphatic rings. The summed E-state index contributed by atoms with van der Waals surface area (Å²) in [6, 6.07) is 12.2. The van der Waals surface area contributed by atoms with E-state index in [4.69, 9.17) is 27.9 Å². The molecule has 0 saturated carbocycles. The summed E-state index contributed by atoms with van der Waals surface area (Å²) in [4.78, 5) is 33.7. The number of hydrogen-bond donors (Lipinski definition) is 1. The largest absolute Gasteiger partial charge is 0.497 e. The van der Waals surface area contributed by atoms with Crippen LogP contribution in [0.2, 0.25) is 10.0 Å². The first-order chi connectivity index (χ1) is 15.4. The zero-order chi connectivity index (χ0) is 22.8. The first kappa shape index (κ1) is 21.8. The monoisotopic (exact) mass is 468 g/mol. The SMILES string of the molecule is COc1ccc2c(c1)c(C(=O)C(=O)Nc1ccncn1)c(C)n2Cc1ccc(Cl)cc1Cl. The molecule has 2 aromatic heterocycles. The average Bonchev–Trinajstić information content (AvgIpc) is 3.06. The smallest absolute Gasteiger partial charge is 0.298 e. The second-order valence-electron chi connectivity index (χ2n) is 7.04. The highest BCUT2D eigenvalue weighted by atomic mass is 35.5. The number of carbonyl (C=O) groups excluding carboxylic acids is 2. The van der Waals surface area contributed by atoms with E-state index in [-0.39, 0.29) is 11.4 Å². The van der Waals surface area contributed by atoms with Crippen LogP contribution in [0.1, 0.15) is 21.6 Å². The number of anilines is 1. The van der Waals surface area contributed by atoms with Crippen LogP contribution in [0.4, 0.5) is 5.82 Å². The van der Waals surface area contributed by atoms with Crippen LogP contribution in [0, 0.1) is 6.92 Å². The number of halogens is 2. The molecule has 0 saturated heterocycles. The number of rotatable bonds is 6. The maximum Gasteiger partial charge on any atom is 0.298 e. The van der Waals surface area contributed by atoms with Gasteiger partial charge in [-0.3, -0.25) is 9.59 Å². The molecule has 0 spiro atoms. The molecule has 1 N–H and O–H groups in total. The van der Waals surface area contributed by atoms with E-state index in [0.29, 0.717) is 33.4 Å². The minimum atomic E-state index is -0.793. The Morgan fingerprint density at radius 1 is 1.12 bits per heavy atom. The van der Waals surface area contributed by atoms with Crippen LogP contribution in [-0.4, -0.2) is 33.3 Å². The molecule has 0 bridgehead atoms. The number of nitrogens with one attached hydrogen (secondary N) is 1. The maximum atomic E-state index is 13.2. The molecule has 0 fully saturated rings. The summed E-state index contributed by atoms with van der Waals surface area (Å²) in [5.41, 5.74) is 2.52. The van der Waals surface area contributed by atoms with E-state index in [0.717, 1.165) is 11.1 Å². The normalized spacial score (nSPS) is 10.9. The summed E-state index contributed by atoms with van der Waals surface area (Å²) in [7, 11) is 1.54. The van der Waals surface area contributed by atoms with Crippen molar-refractivity contribution in [3.05, 3.63) is 81.9 Å². The van der Waals surface area contributed by atoms with Crippen molar-refractivity contribution in [2.75, 3.05) is 12.4 Å². The zero-order valence-electron chi connectivity index (χ0n) is 17.2. The average molecular weight is 469 g/mol. The molecule has 2 aromatic carbocycles. The van der Waals surface area contributed by atoms with E-state index in [1.165, 1.54) is 18.6 Å². The molecule has 162 valence electrons. The lowest BCUT2D eigenvalue weighted by atomic mass is 10.1. The van der Waals surface area contributed by atoms with Crippen LogP contribution in [-0.2, 0) is 11.3 Å². The van der Waals surface area contributed by atoms with Gasteiger partial charge in [0.2, 0.25) is 0 Å². The molecule has 7 nitrogen and oxygen atoms in total. The van der Waals surface area contributed by atoms with Crippen LogP contribution >= 0.6 is 23.2 Å². The van der Waals surface area contributed by atoms with Crippen LogP contribution in [0.15, 0.2) is 55.0 Å². The molecule has 0 atom stereocenters. The van der Waals surface area contributed by atoms with Gasteiger partial charge >= 0.3 is 0 Å². The van der Waals surface area contributed by atoms with E-state index in [1.807, 2.05) is 16.7 Å². The number of ether oxygens (including phenoxy) is 1. The van der Waals surface area contributed by atoms with Crippen LogP contribution in [0.5, 0.6) is 5.75 Å². The lowest BCUT2D eigenvalue weighted by molar-refractivity contribution is -0.112. The lowest BCUT2D eigenvalue weighted by Crippen LogP contribution is -2.24. The molecule has 4 aromatic rings. The number of Topliss-reactive ketones (excluding diaryl/α,β-unsaturated/α-hetero) is 1. The minimum absolute atomic E-state index is 0.241. The summed E-state index contributed by atoms with van der Waals surface area (Å²) in [6.07, 6.45) is 2.77. The standard InChI is InChI=1S/C23H18Cl2N4O3/c1-13-21(22(30)23(31)28-20-7-8-26-12-27-20)17-10-16(32-2)5-6-19(17)29(13)11-14-3-4-15(24)9-18(14)25/h3-10,12H,11H2,1-2H3,(H,26,27,28,31). The van der Waals surface area contributed by atoms with Gasteiger partial charge in [-0.15, -0.1) is 0 Å². The third-order valence-corrected chi connectivity index (χ3v) is 5.72. The molecule has 2 heterocycles. The topological polar surface area (TPSA) is 86.1 Å². The van der Waals surface area contributed by atoms with Gasteiger partial charge in [0.05, 0.1) is 12.7 Å². The molecule has 9 heteroatoms. The fourth-order valence-electron chi connectivity index (χ4n) is 3.55. The van der Waals surface area contributed by atoms with Crippen molar-refractivity contribution in [2.24, 2.45) is 0 Å². The Hall–Kier alpha value is -3.42. The van der Waals surface area contributed by atoms with E-state index in [2.05, 4.69) is 15.3 Å². The summed E-state index contributed by atoms with van der Waals surface area (Å²) < 4.78 is 7.28. The number of ketones is 1. The Kier molecular flexibility index (Phi) is 6.12. The van der Waals surface area contributed by atoms with Crippen LogP contribution in [0.3, 0.4) is 0 Å². The van der Waals surface area contributed by atoms with Crippen LogP contribution in [0.25, 0.3) is 10.9 Å². The van der Waals surface area contributed by atoms with Gasteiger partial charge in [0.1, 0.15) is 17.9 Å². The van der Waals surface area contributed by atoms with E-state index in [9.17, 15) is 9.59 Å². The highest BCUT2D eigenvalue weighted by Gasteiger charge is 2.26. The molecular formula is C23H18Cl2N4O3. The van der Waals surface area contributed by atoms with Crippen molar-refractivity contribution in [3.63, 3.8) is 0 Å². The fraction of sp³-hybridized carbons (Fsp3) is 0.130. The Morgan fingerprint density at radius 3 is 2.62 bits per heavy atom. The molecule has 4 rings (SSSR count). The summed E-state index contributed by atoms with van der Waals surface area (Å²) in [5, 5.41) is 4.18. The molecule has 32 heavy (non-hydrogen) atoms. The Morgan fingerprint density at radius 2 is 1.94 bits per heavy atom. The van der Waals surface area contributed by atoms with E-state index < -0.39 is 11.7 Å². The van der Waals surface area contributed by atoms with Gasteiger partial charge in [-0.2, -0.15) is 0 Å². The first-order valence-corrected chi connectivity index (χ1v) is 10.4. The van der Waals surface area contributed by atoms with Crippen molar-refractivity contribution >= 4 is 51.6 Å². The molecule has 0 aliphatic carbocycles. The van der Waals surface area contributed by atoms with Gasteiger partial charge in [-0.25, -0.2) is 9.97 Å². The number of methoxy groups -OCH3 is 1. The number of hydrogen-bond acceptors (Lipinski definition) is 5. The van der Waals surface area contributed by atoms with Crippen molar-refractivity contribution < 1.29 is 14.3 Å². The van der Waals surface area contributed by atoms with Gasteiger partial charge in [-0.05, 0) is 48.9 Å². The predicted octanol–water partition coefficient (Wildman–Crippen LogP) is 4.92. The minimum Gasteiger partial charge on any atom is -0.497 e.